The molecular formula is C12H18N2O. The van der Waals surface area contributed by atoms with Crippen LogP contribution in [0.4, 0.5) is 0 Å². The molecular weight excluding hydrogens is 188 g/mol. The summed E-state index contributed by atoms with van der Waals surface area (Å²) in [5.74, 6) is 0. The maximum Gasteiger partial charge on any atom is 0.0831 e. The van der Waals surface area contributed by atoms with Crippen LogP contribution in [-0.2, 0) is 13.5 Å². The molecule has 82 valence electrons. The SMILES string of the molecule is Cn1cc(CCC2(O)C=CCCC2)cn1. The molecule has 1 N–H and O–H groups in total. The third-order valence-corrected chi connectivity index (χ3v) is 3.01. The van der Waals surface area contributed by atoms with Crippen molar-refractivity contribution in [2.75, 3.05) is 0 Å². The van der Waals surface area contributed by atoms with Crippen LogP contribution in [0.2, 0.25) is 0 Å². The molecule has 0 saturated carbocycles. The van der Waals surface area contributed by atoms with Crippen molar-refractivity contribution >= 4 is 0 Å². The van der Waals surface area contributed by atoms with E-state index in [1.165, 1.54) is 5.56 Å². The molecule has 1 aliphatic rings. The molecule has 0 amide bonds. The van der Waals surface area contributed by atoms with Gasteiger partial charge < -0.3 is 5.11 Å². The van der Waals surface area contributed by atoms with E-state index < -0.39 is 5.60 Å². The second kappa shape index (κ2) is 4.19. The smallest absolute Gasteiger partial charge is 0.0831 e. The highest BCUT2D eigenvalue weighted by atomic mass is 16.3. The highest BCUT2D eigenvalue weighted by molar-refractivity contribution is 5.09. The first kappa shape index (κ1) is 10.4. The van der Waals surface area contributed by atoms with Gasteiger partial charge in [-0.1, -0.05) is 12.2 Å². The third kappa shape index (κ3) is 2.69. The van der Waals surface area contributed by atoms with Crippen LogP contribution in [0.1, 0.15) is 31.2 Å². The summed E-state index contributed by atoms with van der Waals surface area (Å²) in [6.07, 6.45) is 12.7. The van der Waals surface area contributed by atoms with E-state index in [-0.39, 0.29) is 0 Å². The van der Waals surface area contributed by atoms with Crippen LogP contribution >= 0.6 is 0 Å². The second-order valence-corrected chi connectivity index (χ2v) is 4.42. The van der Waals surface area contributed by atoms with Crippen molar-refractivity contribution in [2.45, 2.75) is 37.7 Å². The Hall–Kier alpha value is -1.09. The fourth-order valence-electron chi connectivity index (χ4n) is 2.08. The normalized spacial score (nSPS) is 25.7. The molecule has 0 aromatic carbocycles. The molecule has 2 rings (SSSR count). The maximum absolute atomic E-state index is 10.2. The molecule has 1 unspecified atom stereocenters. The molecule has 3 heteroatoms. The highest BCUT2D eigenvalue weighted by Gasteiger charge is 2.24. The quantitative estimate of drug-likeness (QED) is 0.766. The summed E-state index contributed by atoms with van der Waals surface area (Å²) in [5, 5.41) is 14.3. The molecule has 0 spiro atoms. The summed E-state index contributed by atoms with van der Waals surface area (Å²) in [7, 11) is 1.92. The standard InChI is InChI=1S/C12H18N2O/c1-14-10-11(9-13-14)5-8-12(15)6-3-2-4-7-12/h3,6,9-10,15H,2,4-5,7-8H2,1H3. The van der Waals surface area contributed by atoms with Crippen LogP contribution < -0.4 is 0 Å². The van der Waals surface area contributed by atoms with Gasteiger partial charge in [-0.05, 0) is 37.7 Å². The Morgan fingerprint density at radius 2 is 2.47 bits per heavy atom. The van der Waals surface area contributed by atoms with Crippen LogP contribution in [0, 0.1) is 0 Å². The minimum Gasteiger partial charge on any atom is -0.386 e. The van der Waals surface area contributed by atoms with Gasteiger partial charge in [0.15, 0.2) is 0 Å². The van der Waals surface area contributed by atoms with Gasteiger partial charge in [0, 0.05) is 13.2 Å². The maximum atomic E-state index is 10.2. The van der Waals surface area contributed by atoms with Crippen molar-refractivity contribution in [1.82, 2.24) is 9.78 Å². The van der Waals surface area contributed by atoms with Gasteiger partial charge >= 0.3 is 0 Å². The van der Waals surface area contributed by atoms with Crippen LogP contribution in [0.15, 0.2) is 24.5 Å². The van der Waals surface area contributed by atoms with Crippen molar-refractivity contribution in [3.8, 4) is 0 Å². The molecule has 0 bridgehead atoms. The summed E-state index contributed by atoms with van der Waals surface area (Å²) in [6.45, 7) is 0. The van der Waals surface area contributed by atoms with Gasteiger partial charge in [-0.25, -0.2) is 0 Å². The van der Waals surface area contributed by atoms with Crippen molar-refractivity contribution in [2.24, 2.45) is 7.05 Å². The Morgan fingerprint density at radius 3 is 3.07 bits per heavy atom. The molecule has 0 aliphatic heterocycles. The second-order valence-electron chi connectivity index (χ2n) is 4.42. The molecule has 0 radical (unpaired) electrons. The molecule has 1 aromatic rings. The monoisotopic (exact) mass is 206 g/mol. The summed E-state index contributed by atoms with van der Waals surface area (Å²) < 4.78 is 1.80. The van der Waals surface area contributed by atoms with E-state index >= 15 is 0 Å². The largest absolute Gasteiger partial charge is 0.386 e. The number of nitrogens with zero attached hydrogens (tertiary/aromatic N) is 2. The Balaban J connectivity index is 1.92. The first-order chi connectivity index (χ1) is 7.18. The summed E-state index contributed by atoms with van der Waals surface area (Å²) >= 11 is 0. The van der Waals surface area contributed by atoms with Crippen LogP contribution in [0.5, 0.6) is 0 Å². The number of rotatable bonds is 3. The lowest BCUT2D eigenvalue weighted by Gasteiger charge is -2.27. The summed E-state index contributed by atoms with van der Waals surface area (Å²) in [4.78, 5) is 0. The topological polar surface area (TPSA) is 38.0 Å². The zero-order chi connectivity index (χ0) is 10.7. The van der Waals surface area contributed by atoms with Crippen molar-refractivity contribution in [1.29, 1.82) is 0 Å². The lowest BCUT2D eigenvalue weighted by molar-refractivity contribution is 0.0660. The predicted octanol–water partition coefficient (Wildman–Crippen LogP) is 1.82. The zero-order valence-corrected chi connectivity index (χ0v) is 9.19. The van der Waals surface area contributed by atoms with E-state index in [1.807, 2.05) is 25.5 Å². The molecule has 1 heterocycles. The number of hydrogen-bond donors (Lipinski definition) is 1. The Bertz CT molecular complexity index is 356. The van der Waals surface area contributed by atoms with Crippen molar-refractivity contribution in [3.05, 3.63) is 30.1 Å². The lowest BCUT2D eigenvalue weighted by Crippen LogP contribution is -2.28. The Labute approximate surface area is 90.4 Å². The van der Waals surface area contributed by atoms with Gasteiger partial charge in [-0.2, -0.15) is 5.10 Å². The van der Waals surface area contributed by atoms with E-state index in [4.69, 9.17) is 0 Å². The van der Waals surface area contributed by atoms with Crippen LogP contribution in [-0.4, -0.2) is 20.5 Å². The highest BCUT2D eigenvalue weighted by Crippen LogP contribution is 2.26. The number of hydrogen-bond acceptors (Lipinski definition) is 2. The third-order valence-electron chi connectivity index (χ3n) is 3.01. The number of aliphatic hydroxyl groups is 1. The minimum atomic E-state index is -0.575. The molecule has 15 heavy (non-hydrogen) atoms. The van der Waals surface area contributed by atoms with Gasteiger partial charge in [0.05, 0.1) is 11.8 Å². The number of aryl methyl sites for hydroxylation is 2. The Kier molecular flexibility index (Phi) is 2.91. The summed E-state index contributed by atoms with van der Waals surface area (Å²) in [6, 6.07) is 0. The first-order valence-corrected chi connectivity index (χ1v) is 5.56. The molecule has 1 atom stereocenters. The van der Waals surface area contributed by atoms with Gasteiger partial charge in [-0.15, -0.1) is 0 Å². The summed E-state index contributed by atoms with van der Waals surface area (Å²) in [5.41, 5.74) is 0.624. The molecule has 0 saturated heterocycles. The fourth-order valence-corrected chi connectivity index (χ4v) is 2.08. The first-order valence-electron chi connectivity index (χ1n) is 5.56. The van der Waals surface area contributed by atoms with E-state index in [2.05, 4.69) is 11.2 Å². The van der Waals surface area contributed by atoms with Crippen LogP contribution in [0.25, 0.3) is 0 Å². The Morgan fingerprint density at radius 1 is 1.60 bits per heavy atom. The molecule has 3 nitrogen and oxygen atoms in total. The zero-order valence-electron chi connectivity index (χ0n) is 9.19. The lowest BCUT2D eigenvalue weighted by atomic mass is 9.86. The van der Waals surface area contributed by atoms with Gasteiger partial charge in [0.1, 0.15) is 0 Å². The molecule has 0 fully saturated rings. The number of aromatic nitrogens is 2. The van der Waals surface area contributed by atoms with E-state index in [9.17, 15) is 5.11 Å². The van der Waals surface area contributed by atoms with Crippen molar-refractivity contribution in [3.63, 3.8) is 0 Å². The van der Waals surface area contributed by atoms with Gasteiger partial charge in [0.25, 0.3) is 0 Å². The number of allylic oxidation sites excluding steroid dienone is 1. The average molecular weight is 206 g/mol. The molecule has 1 aliphatic carbocycles. The van der Waals surface area contributed by atoms with Gasteiger partial charge in [0.2, 0.25) is 0 Å². The van der Waals surface area contributed by atoms with E-state index in [0.29, 0.717) is 0 Å². The minimum absolute atomic E-state index is 0.575. The van der Waals surface area contributed by atoms with E-state index in [1.54, 1.807) is 4.68 Å². The predicted molar refractivity (Wildman–Crippen MR) is 59.5 cm³/mol. The average Bonchev–Trinajstić information content (AvgIpc) is 2.63. The fraction of sp³-hybridized carbons (Fsp3) is 0.583. The molecule has 1 aromatic heterocycles. The van der Waals surface area contributed by atoms with E-state index in [0.717, 1.165) is 32.1 Å². The van der Waals surface area contributed by atoms with Gasteiger partial charge in [-0.3, -0.25) is 4.68 Å². The van der Waals surface area contributed by atoms with Crippen molar-refractivity contribution < 1.29 is 5.11 Å². The van der Waals surface area contributed by atoms with Crippen LogP contribution in [0.3, 0.4) is 0 Å².